The van der Waals surface area contributed by atoms with E-state index in [1.165, 1.54) is 9.13 Å². The van der Waals surface area contributed by atoms with Gasteiger partial charge in [0, 0.05) is 12.6 Å². The summed E-state index contributed by atoms with van der Waals surface area (Å²) in [4.78, 5) is 25.8. The maximum absolute atomic E-state index is 13.1. The van der Waals surface area contributed by atoms with E-state index in [0.717, 1.165) is 22.4 Å². The minimum Gasteiger partial charge on any atom is -0.368 e. The van der Waals surface area contributed by atoms with Gasteiger partial charge in [-0.3, -0.25) is 14.1 Å². The second-order valence-corrected chi connectivity index (χ2v) is 6.70. The second kappa shape index (κ2) is 7.41. The van der Waals surface area contributed by atoms with Crippen LogP contribution in [0.1, 0.15) is 35.7 Å². The van der Waals surface area contributed by atoms with Crippen molar-refractivity contribution in [2.24, 2.45) is 0 Å². The number of rotatable bonds is 3. The number of aromatic nitrogens is 5. The summed E-state index contributed by atoms with van der Waals surface area (Å²) in [6.07, 6.45) is 2.52. The summed E-state index contributed by atoms with van der Waals surface area (Å²) in [7, 11) is 0. The summed E-state index contributed by atoms with van der Waals surface area (Å²) in [6.45, 7) is 8.48. The summed E-state index contributed by atoms with van der Waals surface area (Å²) in [6, 6.07) is 0. The molecule has 0 aliphatic heterocycles. The number of hydrogen-bond acceptors (Lipinski definition) is 5. The number of imidazole rings is 1. The zero-order valence-corrected chi connectivity index (χ0v) is 16.6. The average molecular weight is 385 g/mol. The van der Waals surface area contributed by atoms with Crippen molar-refractivity contribution >= 4 is 28.7 Å². The first-order valence-corrected chi connectivity index (χ1v) is 9.02. The Morgan fingerprint density at radius 2 is 1.89 bits per heavy atom. The Morgan fingerprint density at radius 1 is 1.15 bits per heavy atom. The molecule has 3 rings (SSSR count). The molecule has 8 heteroatoms. The number of anilines is 1. The molecule has 3 heterocycles. The third-order valence-corrected chi connectivity index (χ3v) is 4.94. The van der Waals surface area contributed by atoms with E-state index in [9.17, 15) is 4.79 Å². The molecule has 7 nitrogen and oxygen atoms in total. The van der Waals surface area contributed by atoms with Crippen LogP contribution in [0.25, 0.3) is 11.2 Å². The van der Waals surface area contributed by atoms with Gasteiger partial charge in [0.1, 0.15) is 5.52 Å². The SMILES string of the molecule is CCC#CCn1c(=O)n(Cc2ncc(C)c(C)c2C)c2nc(N)nc(Cl)c21. The van der Waals surface area contributed by atoms with Crippen LogP contribution < -0.4 is 11.4 Å². The summed E-state index contributed by atoms with van der Waals surface area (Å²) in [5, 5.41) is 0.136. The standard InChI is InChI=1S/C19H21ClN6O/c1-5-6-7-8-25-15-16(20)23-18(21)24-17(15)26(19(25)27)10-14-13(4)12(3)11(2)9-22-14/h9H,5,8,10H2,1-4H3,(H2,21,23,24). The van der Waals surface area contributed by atoms with Gasteiger partial charge in [0.05, 0.1) is 18.8 Å². The van der Waals surface area contributed by atoms with Gasteiger partial charge >= 0.3 is 5.69 Å². The van der Waals surface area contributed by atoms with Crippen molar-refractivity contribution in [1.29, 1.82) is 0 Å². The number of halogens is 1. The first-order valence-electron chi connectivity index (χ1n) is 8.64. The zero-order chi connectivity index (χ0) is 19.7. The van der Waals surface area contributed by atoms with E-state index in [4.69, 9.17) is 17.3 Å². The lowest BCUT2D eigenvalue weighted by atomic mass is 10.0. The number of fused-ring (bicyclic) bond motifs is 1. The molecule has 0 aromatic carbocycles. The Kier molecular flexibility index (Phi) is 5.19. The molecule has 0 bridgehead atoms. The lowest BCUT2D eigenvalue weighted by Gasteiger charge is -2.10. The highest BCUT2D eigenvalue weighted by Crippen LogP contribution is 2.22. The lowest BCUT2D eigenvalue weighted by molar-refractivity contribution is 0.697. The third-order valence-electron chi connectivity index (χ3n) is 4.68. The summed E-state index contributed by atoms with van der Waals surface area (Å²) in [5.41, 5.74) is 10.4. The smallest absolute Gasteiger partial charge is 0.331 e. The third kappa shape index (κ3) is 3.40. The summed E-state index contributed by atoms with van der Waals surface area (Å²) < 4.78 is 3.01. The van der Waals surface area contributed by atoms with E-state index in [1.54, 1.807) is 0 Å². The maximum atomic E-state index is 13.1. The van der Waals surface area contributed by atoms with Crippen LogP contribution in [0.15, 0.2) is 11.0 Å². The van der Waals surface area contributed by atoms with Crippen LogP contribution in [-0.2, 0) is 13.1 Å². The summed E-state index contributed by atoms with van der Waals surface area (Å²) >= 11 is 6.28. The zero-order valence-electron chi connectivity index (χ0n) is 15.8. The largest absolute Gasteiger partial charge is 0.368 e. The van der Waals surface area contributed by atoms with Crippen molar-refractivity contribution in [3.63, 3.8) is 0 Å². The Labute approximate surface area is 162 Å². The Bertz CT molecular complexity index is 1150. The van der Waals surface area contributed by atoms with Crippen molar-refractivity contribution in [3.05, 3.63) is 44.2 Å². The van der Waals surface area contributed by atoms with Gasteiger partial charge in [0.15, 0.2) is 10.8 Å². The fourth-order valence-electron chi connectivity index (χ4n) is 2.92. The van der Waals surface area contributed by atoms with Gasteiger partial charge in [-0.2, -0.15) is 9.97 Å². The highest BCUT2D eigenvalue weighted by molar-refractivity contribution is 6.33. The van der Waals surface area contributed by atoms with E-state index in [0.29, 0.717) is 17.6 Å². The van der Waals surface area contributed by atoms with Crippen molar-refractivity contribution in [1.82, 2.24) is 24.1 Å². The van der Waals surface area contributed by atoms with Crippen molar-refractivity contribution in [2.45, 2.75) is 47.2 Å². The van der Waals surface area contributed by atoms with Gasteiger partial charge < -0.3 is 5.73 Å². The van der Waals surface area contributed by atoms with Gasteiger partial charge in [-0.05, 0) is 37.5 Å². The monoisotopic (exact) mass is 384 g/mol. The normalized spacial score (nSPS) is 10.9. The van der Waals surface area contributed by atoms with Gasteiger partial charge in [-0.15, -0.1) is 5.92 Å². The van der Waals surface area contributed by atoms with Crippen LogP contribution in [0.2, 0.25) is 5.15 Å². The van der Waals surface area contributed by atoms with Crippen LogP contribution in [0.5, 0.6) is 0 Å². The molecule has 0 atom stereocenters. The molecule has 0 unspecified atom stereocenters. The van der Waals surface area contributed by atoms with Crippen LogP contribution in [0, 0.1) is 32.6 Å². The van der Waals surface area contributed by atoms with E-state index in [-0.39, 0.29) is 29.9 Å². The minimum atomic E-state index is -0.267. The van der Waals surface area contributed by atoms with E-state index >= 15 is 0 Å². The molecule has 2 N–H and O–H groups in total. The Hall–Kier alpha value is -2.85. The second-order valence-electron chi connectivity index (χ2n) is 6.34. The number of nitrogens with zero attached hydrogens (tertiary/aromatic N) is 5. The number of nitrogen functional groups attached to an aromatic ring is 1. The van der Waals surface area contributed by atoms with Crippen LogP contribution in [0.3, 0.4) is 0 Å². The average Bonchev–Trinajstić information content (AvgIpc) is 2.88. The Morgan fingerprint density at radius 3 is 2.59 bits per heavy atom. The minimum absolute atomic E-state index is 0.0165. The molecular formula is C19H21ClN6O. The summed E-state index contributed by atoms with van der Waals surface area (Å²) in [5.74, 6) is 5.95. The molecule has 0 spiro atoms. The highest BCUT2D eigenvalue weighted by atomic mass is 35.5. The number of hydrogen-bond donors (Lipinski definition) is 1. The van der Waals surface area contributed by atoms with Gasteiger partial charge in [0.2, 0.25) is 5.95 Å². The fourth-order valence-corrected chi connectivity index (χ4v) is 3.20. The van der Waals surface area contributed by atoms with Crippen LogP contribution in [-0.4, -0.2) is 24.1 Å². The quantitative estimate of drug-likeness (QED) is 0.553. The molecule has 3 aromatic heterocycles. The van der Waals surface area contributed by atoms with Crippen LogP contribution in [0.4, 0.5) is 5.95 Å². The van der Waals surface area contributed by atoms with Crippen LogP contribution >= 0.6 is 11.6 Å². The molecule has 0 aliphatic rings. The molecule has 0 aliphatic carbocycles. The van der Waals surface area contributed by atoms with Gasteiger partial charge in [-0.1, -0.05) is 24.4 Å². The predicted molar refractivity (Wildman–Crippen MR) is 107 cm³/mol. The molecule has 140 valence electrons. The molecule has 27 heavy (non-hydrogen) atoms. The fraction of sp³-hybridized carbons (Fsp3) is 0.368. The van der Waals surface area contributed by atoms with Crippen molar-refractivity contribution < 1.29 is 0 Å². The first-order chi connectivity index (χ1) is 12.8. The highest BCUT2D eigenvalue weighted by Gasteiger charge is 2.20. The molecule has 0 fully saturated rings. The van der Waals surface area contributed by atoms with E-state index in [1.807, 2.05) is 33.9 Å². The first kappa shape index (κ1) is 18.9. The topological polar surface area (TPSA) is 91.6 Å². The maximum Gasteiger partial charge on any atom is 0.331 e. The molecule has 0 saturated carbocycles. The molecule has 0 amide bonds. The molecule has 0 saturated heterocycles. The Balaban J connectivity index is 2.22. The van der Waals surface area contributed by atoms with E-state index in [2.05, 4.69) is 26.8 Å². The molecule has 3 aromatic rings. The number of nitrogens with two attached hydrogens (primary N) is 1. The van der Waals surface area contributed by atoms with E-state index < -0.39 is 0 Å². The number of aryl methyl sites for hydroxylation is 1. The predicted octanol–water partition coefficient (Wildman–Crippen LogP) is 2.61. The van der Waals surface area contributed by atoms with Gasteiger partial charge in [-0.25, -0.2) is 4.79 Å². The van der Waals surface area contributed by atoms with Crippen molar-refractivity contribution in [3.8, 4) is 11.8 Å². The van der Waals surface area contributed by atoms with Gasteiger partial charge in [0.25, 0.3) is 0 Å². The molecular weight excluding hydrogens is 364 g/mol. The van der Waals surface area contributed by atoms with Crippen molar-refractivity contribution in [2.75, 3.05) is 5.73 Å². The number of pyridine rings is 1. The lowest BCUT2D eigenvalue weighted by Crippen LogP contribution is -2.25. The molecule has 0 radical (unpaired) electrons.